The average Bonchev–Trinajstić information content (AvgIpc) is 2.63. The van der Waals surface area contributed by atoms with E-state index in [4.69, 9.17) is 4.74 Å². The van der Waals surface area contributed by atoms with Crippen molar-refractivity contribution < 1.29 is 4.74 Å². The molecule has 4 rings (SSSR count). The number of aryl methyl sites for hydroxylation is 1. The Bertz CT molecular complexity index is 706. The molecule has 6 heteroatoms. The largest absolute Gasteiger partial charge is 0.370 e. The predicted molar refractivity (Wildman–Crippen MR) is 96.4 cm³/mol. The summed E-state index contributed by atoms with van der Waals surface area (Å²) in [5, 5.41) is 0. The first-order valence-electron chi connectivity index (χ1n) is 9.02. The quantitative estimate of drug-likeness (QED) is 0.853. The van der Waals surface area contributed by atoms with Crippen molar-refractivity contribution in [2.24, 2.45) is 0 Å². The van der Waals surface area contributed by atoms with Crippen LogP contribution < -0.4 is 4.90 Å². The molecule has 0 saturated carbocycles. The molecule has 1 atom stereocenters. The van der Waals surface area contributed by atoms with Crippen LogP contribution in [-0.2, 0) is 11.3 Å². The van der Waals surface area contributed by atoms with Crippen LogP contribution in [0.1, 0.15) is 24.2 Å². The topological polar surface area (TPSA) is 54.4 Å². The van der Waals surface area contributed by atoms with Crippen LogP contribution in [0.5, 0.6) is 0 Å². The Labute approximate surface area is 148 Å². The summed E-state index contributed by atoms with van der Waals surface area (Å²) in [6.45, 7) is 7.51. The number of pyridine rings is 1. The molecule has 2 aromatic heterocycles. The lowest BCUT2D eigenvalue weighted by molar-refractivity contribution is -0.116. The van der Waals surface area contributed by atoms with E-state index in [1.807, 2.05) is 19.2 Å². The minimum absolute atomic E-state index is 0.113. The molecule has 4 heterocycles. The average molecular weight is 339 g/mol. The Morgan fingerprint density at radius 2 is 2.16 bits per heavy atom. The van der Waals surface area contributed by atoms with E-state index < -0.39 is 0 Å². The Morgan fingerprint density at radius 1 is 1.20 bits per heavy atom. The Kier molecular flexibility index (Phi) is 4.63. The molecule has 2 saturated heterocycles. The van der Waals surface area contributed by atoms with E-state index in [0.29, 0.717) is 0 Å². The van der Waals surface area contributed by atoms with Crippen LogP contribution in [0.2, 0.25) is 0 Å². The van der Waals surface area contributed by atoms with Gasteiger partial charge in [0.2, 0.25) is 0 Å². The summed E-state index contributed by atoms with van der Waals surface area (Å²) in [4.78, 5) is 18.1. The van der Waals surface area contributed by atoms with Crippen molar-refractivity contribution in [2.75, 3.05) is 37.7 Å². The SMILES string of the molecule is Cc1cccc(CN2CCO[C@]3(CCCN(c4cnccn4)C3)C2)n1. The van der Waals surface area contributed by atoms with Gasteiger partial charge in [-0.25, -0.2) is 4.98 Å². The third kappa shape index (κ3) is 3.80. The highest BCUT2D eigenvalue weighted by Gasteiger charge is 2.41. The molecule has 2 aromatic rings. The fourth-order valence-electron chi connectivity index (χ4n) is 3.97. The summed E-state index contributed by atoms with van der Waals surface area (Å²) in [5.74, 6) is 0.947. The Hall–Kier alpha value is -2.05. The van der Waals surface area contributed by atoms with E-state index in [2.05, 4.69) is 36.9 Å². The van der Waals surface area contributed by atoms with Gasteiger partial charge < -0.3 is 9.64 Å². The normalized spacial score (nSPS) is 24.6. The molecule has 2 fully saturated rings. The van der Waals surface area contributed by atoms with Gasteiger partial charge in [0.05, 0.1) is 24.1 Å². The summed E-state index contributed by atoms with van der Waals surface area (Å²) in [7, 11) is 0. The van der Waals surface area contributed by atoms with Gasteiger partial charge in [-0.1, -0.05) is 6.07 Å². The predicted octanol–water partition coefficient (Wildman–Crippen LogP) is 2.05. The molecular weight excluding hydrogens is 314 g/mol. The molecule has 1 spiro atoms. The maximum atomic E-state index is 6.30. The molecule has 0 radical (unpaired) electrons. The summed E-state index contributed by atoms with van der Waals surface area (Å²) >= 11 is 0. The number of aromatic nitrogens is 3. The highest BCUT2D eigenvalue weighted by molar-refractivity contribution is 5.36. The van der Waals surface area contributed by atoms with Gasteiger partial charge in [-0.2, -0.15) is 0 Å². The van der Waals surface area contributed by atoms with Crippen LogP contribution in [0.4, 0.5) is 5.82 Å². The van der Waals surface area contributed by atoms with Gasteiger partial charge >= 0.3 is 0 Å². The zero-order chi connectivity index (χ0) is 17.1. The highest BCUT2D eigenvalue weighted by Crippen LogP contribution is 2.31. The number of hydrogen-bond acceptors (Lipinski definition) is 6. The molecule has 0 N–H and O–H groups in total. The van der Waals surface area contributed by atoms with Crippen molar-refractivity contribution in [2.45, 2.75) is 31.9 Å². The molecule has 0 amide bonds. The lowest BCUT2D eigenvalue weighted by Gasteiger charge is -2.48. The summed E-state index contributed by atoms with van der Waals surface area (Å²) in [6, 6.07) is 6.25. The third-order valence-corrected chi connectivity index (χ3v) is 5.07. The molecule has 2 aliphatic rings. The number of anilines is 1. The van der Waals surface area contributed by atoms with Crippen LogP contribution in [0.25, 0.3) is 0 Å². The fraction of sp³-hybridized carbons (Fsp3) is 0.526. The zero-order valence-corrected chi connectivity index (χ0v) is 14.8. The molecule has 6 nitrogen and oxygen atoms in total. The van der Waals surface area contributed by atoms with Crippen LogP contribution in [0.15, 0.2) is 36.8 Å². The van der Waals surface area contributed by atoms with E-state index in [0.717, 1.165) is 69.4 Å². The first kappa shape index (κ1) is 16.4. The minimum atomic E-state index is -0.113. The second-order valence-corrected chi connectivity index (χ2v) is 7.10. The van der Waals surface area contributed by atoms with Gasteiger partial charge in [0, 0.05) is 50.8 Å². The Morgan fingerprint density at radius 3 is 3.00 bits per heavy atom. The van der Waals surface area contributed by atoms with Crippen LogP contribution in [0.3, 0.4) is 0 Å². The second-order valence-electron chi connectivity index (χ2n) is 7.10. The number of rotatable bonds is 3. The van der Waals surface area contributed by atoms with Crippen molar-refractivity contribution in [3.63, 3.8) is 0 Å². The lowest BCUT2D eigenvalue weighted by atomic mass is 9.90. The molecule has 0 aliphatic carbocycles. The van der Waals surface area contributed by atoms with Gasteiger partial charge in [-0.15, -0.1) is 0 Å². The molecule has 0 bridgehead atoms. The van der Waals surface area contributed by atoms with Gasteiger partial charge in [0.1, 0.15) is 5.82 Å². The van der Waals surface area contributed by atoms with Crippen LogP contribution >= 0.6 is 0 Å². The van der Waals surface area contributed by atoms with E-state index in [9.17, 15) is 0 Å². The molecular formula is C19H25N5O. The maximum Gasteiger partial charge on any atom is 0.147 e. The van der Waals surface area contributed by atoms with E-state index in [1.165, 1.54) is 0 Å². The van der Waals surface area contributed by atoms with Crippen molar-refractivity contribution in [3.8, 4) is 0 Å². The monoisotopic (exact) mass is 339 g/mol. The van der Waals surface area contributed by atoms with E-state index in [-0.39, 0.29) is 5.60 Å². The number of morpholine rings is 1. The summed E-state index contributed by atoms with van der Waals surface area (Å²) in [6.07, 6.45) is 7.54. The van der Waals surface area contributed by atoms with Gasteiger partial charge in [-0.3, -0.25) is 14.9 Å². The molecule has 0 unspecified atom stereocenters. The molecule has 2 aliphatic heterocycles. The Balaban J connectivity index is 1.46. The number of ether oxygens (including phenoxy) is 1. The fourth-order valence-corrected chi connectivity index (χ4v) is 3.97. The van der Waals surface area contributed by atoms with Gasteiger partial charge in [0.25, 0.3) is 0 Å². The summed E-state index contributed by atoms with van der Waals surface area (Å²) in [5.41, 5.74) is 2.10. The van der Waals surface area contributed by atoms with Crippen molar-refractivity contribution in [3.05, 3.63) is 48.2 Å². The zero-order valence-electron chi connectivity index (χ0n) is 14.8. The van der Waals surface area contributed by atoms with Gasteiger partial charge in [-0.05, 0) is 31.9 Å². The van der Waals surface area contributed by atoms with E-state index >= 15 is 0 Å². The minimum Gasteiger partial charge on any atom is -0.370 e. The standard InChI is InChI=1S/C19H25N5O/c1-16-4-2-5-17(22-16)13-23-10-11-25-19(14-23)6-3-9-24(15-19)18-12-20-7-8-21-18/h2,4-5,7-8,12H,3,6,9-11,13-15H2,1H3/t19-/m1/s1. The first-order chi connectivity index (χ1) is 12.2. The number of piperidine rings is 1. The summed E-state index contributed by atoms with van der Waals surface area (Å²) < 4.78 is 6.30. The van der Waals surface area contributed by atoms with Crippen molar-refractivity contribution in [1.29, 1.82) is 0 Å². The van der Waals surface area contributed by atoms with Crippen molar-refractivity contribution >= 4 is 5.82 Å². The van der Waals surface area contributed by atoms with Gasteiger partial charge in [0.15, 0.2) is 0 Å². The molecule has 0 aromatic carbocycles. The van der Waals surface area contributed by atoms with E-state index in [1.54, 1.807) is 12.4 Å². The lowest BCUT2D eigenvalue weighted by Crippen LogP contribution is -2.59. The molecule has 132 valence electrons. The van der Waals surface area contributed by atoms with Crippen molar-refractivity contribution in [1.82, 2.24) is 19.9 Å². The smallest absolute Gasteiger partial charge is 0.147 e. The second kappa shape index (κ2) is 7.06. The maximum absolute atomic E-state index is 6.30. The van der Waals surface area contributed by atoms with Crippen LogP contribution in [0, 0.1) is 6.92 Å². The number of hydrogen-bond donors (Lipinski definition) is 0. The third-order valence-electron chi connectivity index (χ3n) is 5.07. The van der Waals surface area contributed by atoms with Crippen LogP contribution in [-0.4, -0.2) is 58.2 Å². The number of nitrogens with zero attached hydrogens (tertiary/aromatic N) is 5. The molecule has 25 heavy (non-hydrogen) atoms. The first-order valence-corrected chi connectivity index (χ1v) is 9.02. The highest BCUT2D eigenvalue weighted by atomic mass is 16.5.